The van der Waals surface area contributed by atoms with Gasteiger partial charge in [0.05, 0.1) is 4.92 Å². The molecule has 6 nitrogen and oxygen atoms in total. The maximum atomic E-state index is 10.5. The van der Waals surface area contributed by atoms with Gasteiger partial charge >= 0.3 is 0 Å². The van der Waals surface area contributed by atoms with Gasteiger partial charge in [0.15, 0.2) is 10.3 Å². The Morgan fingerprint density at radius 1 is 1.16 bits per heavy atom. The number of hydrogen-bond donors (Lipinski definition) is 1. The van der Waals surface area contributed by atoms with E-state index in [4.69, 9.17) is 23.2 Å². The molecule has 0 unspecified atom stereocenters. The lowest BCUT2D eigenvalue weighted by atomic mass is 10.2. The molecule has 0 saturated carbocycles. The molecule has 2 rings (SSSR count). The van der Waals surface area contributed by atoms with E-state index in [2.05, 4.69) is 15.3 Å². The smallest absolute Gasteiger partial charge is 0.269 e. The lowest BCUT2D eigenvalue weighted by Crippen LogP contribution is -2.02. The molecule has 0 fully saturated rings. The van der Waals surface area contributed by atoms with Crippen molar-refractivity contribution in [2.75, 3.05) is 5.32 Å². The molecule has 0 radical (unpaired) electrons. The zero-order valence-corrected chi connectivity index (χ0v) is 11.0. The van der Waals surface area contributed by atoms with E-state index < -0.39 is 4.92 Å². The molecular formula is C11H8Cl2N4O2. The fourth-order valence-corrected chi connectivity index (χ4v) is 1.86. The van der Waals surface area contributed by atoms with Gasteiger partial charge in [-0.25, -0.2) is 9.97 Å². The van der Waals surface area contributed by atoms with E-state index in [0.717, 1.165) is 5.56 Å². The summed E-state index contributed by atoms with van der Waals surface area (Å²) in [5, 5.41) is 14.0. The topological polar surface area (TPSA) is 81.0 Å². The maximum Gasteiger partial charge on any atom is 0.269 e. The Morgan fingerprint density at radius 2 is 1.74 bits per heavy atom. The Bertz CT molecular complexity index is 584. The van der Waals surface area contributed by atoms with Crippen molar-refractivity contribution in [2.45, 2.75) is 6.54 Å². The van der Waals surface area contributed by atoms with Crippen LogP contribution in [0.5, 0.6) is 0 Å². The van der Waals surface area contributed by atoms with Crippen molar-refractivity contribution >= 4 is 34.6 Å². The standard InChI is InChI=1S/C11H8Cl2N4O2/c12-10-9(11(13)16-6-15-10)14-5-7-1-3-8(4-2-7)17(18)19/h1-4,6,14H,5H2. The summed E-state index contributed by atoms with van der Waals surface area (Å²) in [4.78, 5) is 17.7. The first-order valence-corrected chi connectivity index (χ1v) is 5.96. The summed E-state index contributed by atoms with van der Waals surface area (Å²) in [6, 6.07) is 6.16. The van der Waals surface area contributed by atoms with Crippen LogP contribution in [-0.2, 0) is 6.54 Å². The second-order valence-corrected chi connectivity index (χ2v) is 4.32. The molecule has 0 aliphatic carbocycles. The summed E-state index contributed by atoms with van der Waals surface area (Å²) < 4.78 is 0. The molecule has 1 heterocycles. The summed E-state index contributed by atoms with van der Waals surface area (Å²) in [6.45, 7) is 0.408. The number of nitrogens with zero attached hydrogens (tertiary/aromatic N) is 3. The van der Waals surface area contributed by atoms with Crippen LogP contribution in [0, 0.1) is 10.1 Å². The van der Waals surface area contributed by atoms with Crippen LogP contribution >= 0.6 is 23.2 Å². The number of aromatic nitrogens is 2. The average molecular weight is 299 g/mol. The Hall–Kier alpha value is -1.92. The van der Waals surface area contributed by atoms with E-state index in [1.807, 2.05) is 0 Å². The van der Waals surface area contributed by atoms with Crippen LogP contribution in [0.15, 0.2) is 30.6 Å². The molecule has 8 heteroatoms. The third-order valence-electron chi connectivity index (χ3n) is 2.37. The number of benzene rings is 1. The Labute approximate surface area is 118 Å². The SMILES string of the molecule is O=[N+]([O-])c1ccc(CNc2c(Cl)ncnc2Cl)cc1. The van der Waals surface area contributed by atoms with Crippen molar-refractivity contribution in [1.82, 2.24) is 9.97 Å². The van der Waals surface area contributed by atoms with Gasteiger partial charge in [-0.2, -0.15) is 0 Å². The normalized spacial score (nSPS) is 10.2. The highest BCUT2D eigenvalue weighted by Crippen LogP contribution is 2.26. The fourth-order valence-electron chi connectivity index (χ4n) is 1.42. The van der Waals surface area contributed by atoms with Crippen molar-refractivity contribution in [3.8, 4) is 0 Å². The van der Waals surface area contributed by atoms with Crippen LogP contribution in [0.3, 0.4) is 0 Å². The van der Waals surface area contributed by atoms with Crippen LogP contribution in [0.25, 0.3) is 0 Å². The van der Waals surface area contributed by atoms with E-state index in [1.165, 1.54) is 18.5 Å². The predicted octanol–water partition coefficient (Wildman–Crippen LogP) is 3.30. The van der Waals surface area contributed by atoms with Gasteiger partial charge in [-0.1, -0.05) is 35.3 Å². The second kappa shape index (κ2) is 5.81. The van der Waals surface area contributed by atoms with Crippen molar-refractivity contribution < 1.29 is 4.92 Å². The van der Waals surface area contributed by atoms with Crippen LogP contribution in [0.4, 0.5) is 11.4 Å². The summed E-state index contributed by atoms with van der Waals surface area (Å²) >= 11 is 11.8. The zero-order chi connectivity index (χ0) is 13.8. The predicted molar refractivity (Wildman–Crippen MR) is 72.5 cm³/mol. The molecular weight excluding hydrogens is 291 g/mol. The van der Waals surface area contributed by atoms with Gasteiger partial charge in [0.1, 0.15) is 12.0 Å². The summed E-state index contributed by atoms with van der Waals surface area (Å²) in [6.07, 6.45) is 1.27. The number of hydrogen-bond acceptors (Lipinski definition) is 5. The molecule has 0 amide bonds. The van der Waals surface area contributed by atoms with E-state index in [-0.39, 0.29) is 16.0 Å². The molecule has 0 spiro atoms. The number of halogens is 2. The minimum absolute atomic E-state index is 0.0443. The molecule has 0 aliphatic rings. The van der Waals surface area contributed by atoms with Crippen LogP contribution in [-0.4, -0.2) is 14.9 Å². The Kier molecular flexibility index (Phi) is 4.13. The number of nitro benzene ring substituents is 1. The van der Waals surface area contributed by atoms with Gasteiger partial charge in [-0.05, 0) is 5.56 Å². The highest BCUT2D eigenvalue weighted by molar-refractivity contribution is 6.37. The first kappa shape index (κ1) is 13.5. The molecule has 1 aromatic heterocycles. The molecule has 19 heavy (non-hydrogen) atoms. The minimum Gasteiger partial charge on any atom is -0.376 e. The molecule has 0 saturated heterocycles. The zero-order valence-electron chi connectivity index (χ0n) is 9.51. The average Bonchev–Trinajstić information content (AvgIpc) is 2.38. The molecule has 0 bridgehead atoms. The Balaban J connectivity index is 2.08. The first-order valence-electron chi connectivity index (χ1n) is 5.21. The fraction of sp³-hybridized carbons (Fsp3) is 0.0909. The van der Waals surface area contributed by atoms with Crippen molar-refractivity contribution in [3.05, 3.63) is 56.6 Å². The van der Waals surface area contributed by atoms with Gasteiger partial charge in [-0.3, -0.25) is 10.1 Å². The van der Waals surface area contributed by atoms with Crippen molar-refractivity contribution in [3.63, 3.8) is 0 Å². The van der Waals surface area contributed by atoms with E-state index in [1.54, 1.807) is 12.1 Å². The molecule has 0 aliphatic heterocycles. The third-order valence-corrected chi connectivity index (χ3v) is 2.94. The van der Waals surface area contributed by atoms with Gasteiger partial charge in [0.2, 0.25) is 0 Å². The van der Waals surface area contributed by atoms with E-state index in [0.29, 0.717) is 12.2 Å². The first-order chi connectivity index (χ1) is 9.08. The van der Waals surface area contributed by atoms with E-state index in [9.17, 15) is 10.1 Å². The summed E-state index contributed by atoms with van der Waals surface area (Å²) in [5.41, 5.74) is 1.33. The van der Waals surface area contributed by atoms with Gasteiger partial charge in [-0.15, -0.1) is 0 Å². The summed E-state index contributed by atoms with van der Waals surface area (Å²) in [7, 11) is 0. The van der Waals surface area contributed by atoms with Crippen molar-refractivity contribution in [2.24, 2.45) is 0 Å². The minimum atomic E-state index is -0.448. The molecule has 0 atom stereocenters. The van der Waals surface area contributed by atoms with Crippen LogP contribution < -0.4 is 5.32 Å². The van der Waals surface area contributed by atoms with Gasteiger partial charge < -0.3 is 5.32 Å². The number of nitro groups is 1. The third kappa shape index (κ3) is 3.30. The maximum absolute atomic E-state index is 10.5. The van der Waals surface area contributed by atoms with Gasteiger partial charge in [0, 0.05) is 18.7 Å². The lowest BCUT2D eigenvalue weighted by Gasteiger charge is -2.08. The largest absolute Gasteiger partial charge is 0.376 e. The number of nitrogens with one attached hydrogen (secondary N) is 1. The molecule has 2 aromatic rings. The Morgan fingerprint density at radius 3 is 2.26 bits per heavy atom. The summed E-state index contributed by atoms with van der Waals surface area (Å²) in [5.74, 6) is 0. The van der Waals surface area contributed by atoms with E-state index >= 15 is 0 Å². The quantitative estimate of drug-likeness (QED) is 0.532. The number of rotatable bonds is 4. The highest BCUT2D eigenvalue weighted by atomic mass is 35.5. The van der Waals surface area contributed by atoms with Gasteiger partial charge in [0.25, 0.3) is 5.69 Å². The molecule has 98 valence electrons. The van der Waals surface area contributed by atoms with Crippen molar-refractivity contribution in [1.29, 1.82) is 0 Å². The monoisotopic (exact) mass is 298 g/mol. The van der Waals surface area contributed by atoms with Crippen LogP contribution in [0.2, 0.25) is 10.3 Å². The number of anilines is 1. The lowest BCUT2D eigenvalue weighted by molar-refractivity contribution is -0.384. The highest BCUT2D eigenvalue weighted by Gasteiger charge is 2.08. The number of non-ortho nitro benzene ring substituents is 1. The molecule has 1 aromatic carbocycles. The molecule has 1 N–H and O–H groups in total. The van der Waals surface area contributed by atoms with Crippen LogP contribution in [0.1, 0.15) is 5.56 Å². The second-order valence-electron chi connectivity index (χ2n) is 3.61.